The van der Waals surface area contributed by atoms with Gasteiger partial charge in [-0.15, -0.1) is 0 Å². The summed E-state index contributed by atoms with van der Waals surface area (Å²) in [4.78, 5) is 10.6. The van der Waals surface area contributed by atoms with Crippen LogP contribution in [-0.2, 0) is 9.84 Å². The maximum atomic E-state index is 11.6. The number of rotatable bonds is 3. The van der Waals surface area contributed by atoms with Gasteiger partial charge in [-0.2, -0.15) is 0 Å². The molecule has 0 unspecified atom stereocenters. The van der Waals surface area contributed by atoms with Crippen LogP contribution in [0, 0.1) is 0 Å². The van der Waals surface area contributed by atoms with E-state index in [1.165, 1.54) is 12.4 Å². The highest BCUT2D eigenvalue weighted by atomic mass is 32.2. The van der Waals surface area contributed by atoms with Gasteiger partial charge in [-0.05, 0) is 13.0 Å². The van der Waals surface area contributed by atoms with E-state index in [1.807, 2.05) is 0 Å². The van der Waals surface area contributed by atoms with Crippen LogP contribution in [0.5, 0.6) is 0 Å². The predicted molar refractivity (Wildman–Crippen MR) is 69.5 cm³/mol. The van der Waals surface area contributed by atoms with E-state index in [4.69, 9.17) is 0 Å². The number of sulfone groups is 1. The van der Waals surface area contributed by atoms with Crippen LogP contribution in [-0.4, -0.2) is 50.3 Å². The number of hydrogen-bond donors (Lipinski definition) is 1. The third-order valence-electron chi connectivity index (χ3n) is 2.98. The highest BCUT2D eigenvalue weighted by Gasteiger charge is 2.15. The Bertz CT molecular complexity index is 478. The molecule has 100 valence electrons. The molecule has 18 heavy (non-hydrogen) atoms. The predicted octanol–water partition coefficient (Wildman–Crippen LogP) is 0.0699. The minimum Gasteiger partial charge on any atom is -0.340 e. The summed E-state index contributed by atoms with van der Waals surface area (Å²) in [6.45, 7) is 5.26. The number of aromatic nitrogens is 2. The van der Waals surface area contributed by atoms with Crippen molar-refractivity contribution in [1.29, 1.82) is 0 Å². The smallest absolute Gasteiger partial charge is 0.225 e. The Hall–Kier alpha value is -1.21. The van der Waals surface area contributed by atoms with Crippen LogP contribution >= 0.6 is 0 Å². The SMILES string of the molecule is CCS(=O)(=O)c1cnc(N2CCCNCC2)nc1. The summed E-state index contributed by atoms with van der Waals surface area (Å²) in [6, 6.07) is 0. The summed E-state index contributed by atoms with van der Waals surface area (Å²) >= 11 is 0. The molecule has 0 radical (unpaired) electrons. The van der Waals surface area contributed by atoms with E-state index in [2.05, 4.69) is 20.2 Å². The maximum Gasteiger partial charge on any atom is 0.225 e. The van der Waals surface area contributed by atoms with Crippen molar-refractivity contribution in [2.75, 3.05) is 36.8 Å². The average Bonchev–Trinajstić information content (AvgIpc) is 2.68. The fraction of sp³-hybridized carbons (Fsp3) is 0.636. The lowest BCUT2D eigenvalue weighted by atomic mass is 10.4. The van der Waals surface area contributed by atoms with Crippen molar-refractivity contribution in [3.05, 3.63) is 12.4 Å². The van der Waals surface area contributed by atoms with Gasteiger partial charge in [0.2, 0.25) is 5.95 Å². The summed E-state index contributed by atoms with van der Waals surface area (Å²) in [5, 5.41) is 3.30. The molecule has 1 saturated heterocycles. The Labute approximate surface area is 107 Å². The zero-order valence-electron chi connectivity index (χ0n) is 10.5. The van der Waals surface area contributed by atoms with Gasteiger partial charge in [0, 0.05) is 19.6 Å². The largest absolute Gasteiger partial charge is 0.340 e. The van der Waals surface area contributed by atoms with Crippen LogP contribution in [0.15, 0.2) is 17.3 Å². The molecule has 1 aromatic heterocycles. The molecule has 6 nitrogen and oxygen atoms in total. The van der Waals surface area contributed by atoms with Gasteiger partial charge in [-0.25, -0.2) is 18.4 Å². The van der Waals surface area contributed by atoms with E-state index in [9.17, 15) is 8.42 Å². The van der Waals surface area contributed by atoms with Gasteiger partial charge >= 0.3 is 0 Å². The van der Waals surface area contributed by atoms with Crippen molar-refractivity contribution in [2.45, 2.75) is 18.2 Å². The zero-order valence-corrected chi connectivity index (χ0v) is 11.3. The Morgan fingerprint density at radius 3 is 2.67 bits per heavy atom. The van der Waals surface area contributed by atoms with Crippen molar-refractivity contribution in [3.8, 4) is 0 Å². The van der Waals surface area contributed by atoms with Gasteiger partial charge < -0.3 is 10.2 Å². The van der Waals surface area contributed by atoms with E-state index in [0.717, 1.165) is 32.6 Å². The first-order valence-corrected chi connectivity index (χ1v) is 7.79. The van der Waals surface area contributed by atoms with Crippen molar-refractivity contribution in [2.24, 2.45) is 0 Å². The van der Waals surface area contributed by atoms with Gasteiger partial charge in [-0.1, -0.05) is 6.92 Å². The van der Waals surface area contributed by atoms with Crippen LogP contribution in [0.1, 0.15) is 13.3 Å². The molecular formula is C11H18N4O2S. The maximum absolute atomic E-state index is 11.6. The van der Waals surface area contributed by atoms with Crippen molar-refractivity contribution >= 4 is 15.8 Å². The van der Waals surface area contributed by atoms with Gasteiger partial charge in [0.05, 0.1) is 18.1 Å². The third kappa shape index (κ3) is 2.97. The van der Waals surface area contributed by atoms with Gasteiger partial charge in [-0.3, -0.25) is 0 Å². The van der Waals surface area contributed by atoms with Crippen LogP contribution in [0.25, 0.3) is 0 Å². The van der Waals surface area contributed by atoms with Crippen molar-refractivity contribution in [3.63, 3.8) is 0 Å². The molecule has 0 aliphatic carbocycles. The summed E-state index contributed by atoms with van der Waals surface area (Å²) in [5.41, 5.74) is 0. The molecule has 1 aliphatic rings. The normalized spacial score (nSPS) is 17.5. The molecular weight excluding hydrogens is 252 g/mol. The second-order valence-corrected chi connectivity index (χ2v) is 6.49. The highest BCUT2D eigenvalue weighted by molar-refractivity contribution is 7.91. The van der Waals surface area contributed by atoms with Gasteiger partial charge in [0.25, 0.3) is 0 Å². The zero-order chi connectivity index (χ0) is 13.0. The first-order chi connectivity index (χ1) is 8.63. The summed E-state index contributed by atoms with van der Waals surface area (Å²) in [7, 11) is -3.21. The number of anilines is 1. The fourth-order valence-corrected chi connectivity index (χ4v) is 2.61. The Kier molecular flexibility index (Phi) is 4.13. The molecule has 0 amide bonds. The average molecular weight is 270 g/mol. The topological polar surface area (TPSA) is 75.2 Å². The molecule has 0 saturated carbocycles. The third-order valence-corrected chi connectivity index (χ3v) is 4.67. The molecule has 0 bridgehead atoms. The quantitative estimate of drug-likeness (QED) is 0.838. The second-order valence-electron chi connectivity index (χ2n) is 4.21. The van der Waals surface area contributed by atoms with E-state index in [1.54, 1.807) is 6.92 Å². The number of hydrogen-bond acceptors (Lipinski definition) is 6. The Morgan fingerprint density at radius 2 is 2.00 bits per heavy atom. The molecule has 0 spiro atoms. The summed E-state index contributed by atoms with van der Waals surface area (Å²) in [5.74, 6) is 0.678. The monoisotopic (exact) mass is 270 g/mol. The molecule has 1 aromatic rings. The van der Waals surface area contributed by atoms with Crippen molar-refractivity contribution < 1.29 is 8.42 Å². The summed E-state index contributed by atoms with van der Waals surface area (Å²) in [6.07, 6.45) is 3.84. The lowest BCUT2D eigenvalue weighted by molar-refractivity contribution is 0.596. The van der Waals surface area contributed by atoms with Crippen LogP contribution in [0.4, 0.5) is 5.95 Å². The molecule has 2 rings (SSSR count). The highest BCUT2D eigenvalue weighted by Crippen LogP contribution is 2.12. The first kappa shape index (κ1) is 13.2. The van der Waals surface area contributed by atoms with Gasteiger partial charge in [0.1, 0.15) is 4.90 Å². The first-order valence-electron chi connectivity index (χ1n) is 6.14. The van der Waals surface area contributed by atoms with E-state index < -0.39 is 9.84 Å². The summed E-state index contributed by atoms with van der Waals surface area (Å²) < 4.78 is 23.3. The minimum atomic E-state index is -3.21. The molecule has 2 heterocycles. The van der Waals surface area contributed by atoms with Crippen molar-refractivity contribution in [1.82, 2.24) is 15.3 Å². The van der Waals surface area contributed by atoms with E-state index in [-0.39, 0.29) is 10.6 Å². The van der Waals surface area contributed by atoms with Crippen LogP contribution in [0.3, 0.4) is 0 Å². The Morgan fingerprint density at radius 1 is 1.28 bits per heavy atom. The molecule has 1 N–H and O–H groups in total. The Balaban J connectivity index is 2.16. The number of nitrogens with zero attached hydrogens (tertiary/aromatic N) is 3. The minimum absolute atomic E-state index is 0.0728. The molecule has 0 atom stereocenters. The lowest BCUT2D eigenvalue weighted by Crippen LogP contribution is -2.29. The van der Waals surface area contributed by atoms with Crippen LogP contribution in [0.2, 0.25) is 0 Å². The fourth-order valence-electron chi connectivity index (χ4n) is 1.85. The van der Waals surface area contributed by atoms with Gasteiger partial charge in [0.15, 0.2) is 9.84 Å². The van der Waals surface area contributed by atoms with E-state index in [0.29, 0.717) is 5.95 Å². The lowest BCUT2D eigenvalue weighted by Gasteiger charge is -2.19. The number of nitrogens with one attached hydrogen (secondary N) is 1. The molecule has 0 aromatic carbocycles. The van der Waals surface area contributed by atoms with Crippen LogP contribution < -0.4 is 10.2 Å². The standard InChI is InChI=1S/C11H18N4O2S/c1-2-18(16,17)10-8-13-11(14-9-10)15-6-3-4-12-5-7-15/h8-9,12H,2-7H2,1H3. The molecule has 1 fully saturated rings. The molecule has 1 aliphatic heterocycles. The molecule has 7 heteroatoms. The van der Waals surface area contributed by atoms with E-state index >= 15 is 0 Å². The second kappa shape index (κ2) is 5.62.